The molecule has 1 aliphatic rings. The summed E-state index contributed by atoms with van der Waals surface area (Å²) in [5.74, 6) is -0.114. The number of rotatable bonds is 2. The first kappa shape index (κ1) is 8.70. The highest BCUT2D eigenvalue weighted by Crippen LogP contribution is 2.50. The third kappa shape index (κ3) is 1.25. The molecule has 0 radical (unpaired) electrons. The summed E-state index contributed by atoms with van der Waals surface area (Å²) in [5, 5.41) is 0. The quantitative estimate of drug-likeness (QED) is 0.740. The van der Waals surface area contributed by atoms with Crippen molar-refractivity contribution in [2.24, 2.45) is 5.73 Å². The van der Waals surface area contributed by atoms with Crippen LogP contribution in [0.1, 0.15) is 25.3 Å². The van der Waals surface area contributed by atoms with Crippen molar-refractivity contribution in [3.05, 3.63) is 35.6 Å². The Morgan fingerprint density at radius 1 is 1.38 bits per heavy atom. The summed E-state index contributed by atoms with van der Waals surface area (Å²) < 4.78 is 13.4. The van der Waals surface area contributed by atoms with Crippen LogP contribution in [0.15, 0.2) is 24.3 Å². The van der Waals surface area contributed by atoms with E-state index in [1.54, 1.807) is 6.07 Å². The van der Waals surface area contributed by atoms with Crippen molar-refractivity contribution in [2.75, 3.05) is 0 Å². The Labute approximate surface area is 77.8 Å². The maximum Gasteiger partial charge on any atom is 0.127 e. The maximum atomic E-state index is 13.4. The molecule has 2 N–H and O–H groups in total. The van der Waals surface area contributed by atoms with Crippen molar-refractivity contribution in [2.45, 2.75) is 31.2 Å². The predicted octanol–water partition coefficient (Wildman–Crippen LogP) is 2.20. The van der Waals surface area contributed by atoms with Crippen molar-refractivity contribution in [1.82, 2.24) is 0 Å². The molecule has 1 aromatic rings. The van der Waals surface area contributed by atoms with Gasteiger partial charge in [0.05, 0.1) is 0 Å². The molecule has 13 heavy (non-hydrogen) atoms. The smallest absolute Gasteiger partial charge is 0.127 e. The van der Waals surface area contributed by atoms with E-state index in [1.165, 1.54) is 6.07 Å². The van der Waals surface area contributed by atoms with Crippen molar-refractivity contribution in [1.29, 1.82) is 0 Å². The average Bonchev–Trinajstić information content (AvgIpc) is 2.85. The van der Waals surface area contributed by atoms with E-state index >= 15 is 0 Å². The molecule has 0 heterocycles. The van der Waals surface area contributed by atoms with Gasteiger partial charge in [0.15, 0.2) is 0 Å². The van der Waals surface area contributed by atoms with Crippen LogP contribution < -0.4 is 5.73 Å². The van der Waals surface area contributed by atoms with Gasteiger partial charge in [0.1, 0.15) is 5.82 Å². The zero-order chi connectivity index (χ0) is 9.47. The number of hydrogen-bond acceptors (Lipinski definition) is 1. The molecule has 0 amide bonds. The van der Waals surface area contributed by atoms with Crippen LogP contribution in [-0.4, -0.2) is 6.04 Å². The minimum atomic E-state index is -0.114. The van der Waals surface area contributed by atoms with Gasteiger partial charge in [-0.05, 0) is 31.4 Å². The third-order valence-electron chi connectivity index (χ3n) is 3.07. The van der Waals surface area contributed by atoms with Gasteiger partial charge >= 0.3 is 0 Å². The highest BCUT2D eigenvalue weighted by molar-refractivity contribution is 5.34. The Kier molecular flexibility index (Phi) is 1.88. The summed E-state index contributed by atoms with van der Waals surface area (Å²) in [7, 11) is 0. The average molecular weight is 179 g/mol. The van der Waals surface area contributed by atoms with Gasteiger partial charge in [0.25, 0.3) is 0 Å². The molecule has 0 bridgehead atoms. The van der Waals surface area contributed by atoms with Crippen LogP contribution in [0.3, 0.4) is 0 Å². The molecule has 0 aromatic heterocycles. The van der Waals surface area contributed by atoms with E-state index in [2.05, 4.69) is 0 Å². The molecule has 1 atom stereocenters. The number of benzene rings is 1. The fourth-order valence-electron chi connectivity index (χ4n) is 1.97. The molecule has 1 aliphatic carbocycles. The van der Waals surface area contributed by atoms with E-state index in [0.29, 0.717) is 0 Å². The zero-order valence-corrected chi connectivity index (χ0v) is 7.76. The lowest BCUT2D eigenvalue weighted by Gasteiger charge is -2.20. The Morgan fingerprint density at radius 3 is 2.46 bits per heavy atom. The van der Waals surface area contributed by atoms with Gasteiger partial charge in [-0.25, -0.2) is 4.39 Å². The second-order valence-electron chi connectivity index (χ2n) is 3.92. The van der Waals surface area contributed by atoms with Gasteiger partial charge in [-0.2, -0.15) is 0 Å². The summed E-state index contributed by atoms with van der Waals surface area (Å²) in [6.45, 7) is 1.96. The lowest BCUT2D eigenvalue weighted by molar-refractivity contribution is 0.512. The van der Waals surface area contributed by atoms with Gasteiger partial charge in [0.2, 0.25) is 0 Å². The van der Waals surface area contributed by atoms with Crippen LogP contribution in [0.4, 0.5) is 4.39 Å². The first-order valence-electron chi connectivity index (χ1n) is 4.67. The summed E-state index contributed by atoms with van der Waals surface area (Å²) in [5.41, 5.74) is 6.60. The number of nitrogens with two attached hydrogens (primary N) is 1. The first-order chi connectivity index (χ1) is 6.17. The summed E-state index contributed by atoms with van der Waals surface area (Å²) in [6.07, 6.45) is 2.04. The summed E-state index contributed by atoms with van der Waals surface area (Å²) in [4.78, 5) is 0. The molecule has 0 saturated heterocycles. The number of halogens is 1. The highest BCUT2D eigenvalue weighted by Gasteiger charge is 2.48. The summed E-state index contributed by atoms with van der Waals surface area (Å²) >= 11 is 0. The second kappa shape index (κ2) is 2.81. The normalized spacial score (nSPS) is 21.2. The summed E-state index contributed by atoms with van der Waals surface area (Å²) in [6, 6.07) is 7.00. The van der Waals surface area contributed by atoms with Crippen LogP contribution in [0, 0.1) is 5.82 Å². The Morgan fingerprint density at radius 2 is 2.00 bits per heavy atom. The zero-order valence-electron chi connectivity index (χ0n) is 7.76. The molecular formula is C11H14FN. The molecule has 0 aliphatic heterocycles. The largest absolute Gasteiger partial charge is 0.327 e. The van der Waals surface area contributed by atoms with Crippen LogP contribution in [0.5, 0.6) is 0 Å². The molecule has 1 saturated carbocycles. The fraction of sp³-hybridized carbons (Fsp3) is 0.455. The van der Waals surface area contributed by atoms with Crippen LogP contribution in [0.25, 0.3) is 0 Å². The molecule has 1 aromatic carbocycles. The second-order valence-corrected chi connectivity index (χ2v) is 3.92. The Hall–Kier alpha value is -0.890. The van der Waals surface area contributed by atoms with Crippen molar-refractivity contribution >= 4 is 0 Å². The van der Waals surface area contributed by atoms with Gasteiger partial charge in [-0.3, -0.25) is 0 Å². The SMILES string of the molecule is CC(N)C1(c2ccccc2F)CC1. The number of hydrogen-bond donors (Lipinski definition) is 1. The third-order valence-corrected chi connectivity index (χ3v) is 3.07. The van der Waals surface area contributed by atoms with Crippen LogP contribution in [-0.2, 0) is 5.41 Å². The van der Waals surface area contributed by atoms with E-state index in [9.17, 15) is 4.39 Å². The lowest BCUT2D eigenvalue weighted by Crippen LogP contribution is -2.32. The van der Waals surface area contributed by atoms with E-state index in [-0.39, 0.29) is 17.3 Å². The molecule has 1 nitrogen and oxygen atoms in total. The molecular weight excluding hydrogens is 165 g/mol. The van der Waals surface area contributed by atoms with E-state index in [1.807, 2.05) is 19.1 Å². The maximum absolute atomic E-state index is 13.4. The van der Waals surface area contributed by atoms with Gasteiger partial charge in [0, 0.05) is 11.5 Å². The molecule has 0 spiro atoms. The first-order valence-corrected chi connectivity index (χ1v) is 4.67. The monoisotopic (exact) mass is 179 g/mol. The minimum absolute atomic E-state index is 0.0457. The standard InChI is InChI=1S/C11H14FN/c1-8(13)11(6-7-11)9-4-2-3-5-10(9)12/h2-5,8H,6-7,13H2,1H3. The van der Waals surface area contributed by atoms with Crippen LogP contribution >= 0.6 is 0 Å². The van der Waals surface area contributed by atoms with Gasteiger partial charge < -0.3 is 5.73 Å². The van der Waals surface area contributed by atoms with Gasteiger partial charge in [-0.1, -0.05) is 18.2 Å². The van der Waals surface area contributed by atoms with Crippen molar-refractivity contribution in [3.63, 3.8) is 0 Å². The molecule has 2 heteroatoms. The Bertz CT molecular complexity index is 316. The van der Waals surface area contributed by atoms with Crippen LogP contribution in [0.2, 0.25) is 0 Å². The Balaban J connectivity index is 2.41. The van der Waals surface area contributed by atoms with Gasteiger partial charge in [-0.15, -0.1) is 0 Å². The van der Waals surface area contributed by atoms with Crippen molar-refractivity contribution in [3.8, 4) is 0 Å². The molecule has 2 rings (SSSR count). The minimum Gasteiger partial charge on any atom is -0.327 e. The molecule has 1 unspecified atom stereocenters. The highest BCUT2D eigenvalue weighted by atomic mass is 19.1. The predicted molar refractivity (Wildman–Crippen MR) is 51.0 cm³/mol. The van der Waals surface area contributed by atoms with E-state index in [0.717, 1.165) is 18.4 Å². The van der Waals surface area contributed by atoms with E-state index < -0.39 is 0 Å². The lowest BCUT2D eigenvalue weighted by atomic mass is 9.89. The molecule has 1 fully saturated rings. The van der Waals surface area contributed by atoms with E-state index in [4.69, 9.17) is 5.73 Å². The topological polar surface area (TPSA) is 26.0 Å². The van der Waals surface area contributed by atoms with Crippen molar-refractivity contribution < 1.29 is 4.39 Å². The fourth-order valence-corrected chi connectivity index (χ4v) is 1.97. The molecule has 70 valence electrons.